The highest BCUT2D eigenvalue weighted by atomic mass is 28.5. The van der Waals surface area contributed by atoms with Gasteiger partial charge in [0, 0.05) is 21.8 Å². The third kappa shape index (κ3) is 3.96. The SMILES string of the molecule is C[Si](C)(C)C1=C(c2ccccc2)N([Si](C)(C)C)[Si](C)(C)C([Si](C)(C)C)([Si](C)(C)C)[Si]1(C)C. The normalized spacial score (nSPS) is 21.7. The first kappa shape index (κ1) is 28.3. The van der Waals surface area contributed by atoms with Crippen molar-refractivity contribution in [3.8, 4) is 0 Å². The minimum Gasteiger partial charge on any atom is -0.425 e. The van der Waals surface area contributed by atoms with Gasteiger partial charge in [-0.05, 0) is 9.47 Å². The molecule has 1 aromatic carbocycles. The van der Waals surface area contributed by atoms with Crippen LogP contribution in [0, 0.1) is 0 Å². The number of benzene rings is 1. The molecule has 2 rings (SSSR count). The standard InChI is InChI=1S/C25H53NSi6/c1-27(2,3)24-23(22-20-18-17-19-21-22)26(30(10,11)12)32(15,16)25(28(4,5)6,29(7,8)9)31(24,13)14/h17-21H,1-16H3. The van der Waals surface area contributed by atoms with Gasteiger partial charge in [0.05, 0.1) is 16.1 Å². The van der Waals surface area contributed by atoms with Crippen molar-refractivity contribution in [3.05, 3.63) is 40.7 Å². The molecule has 0 amide bonds. The first-order chi connectivity index (χ1) is 14.0. The largest absolute Gasteiger partial charge is 0.425 e. The van der Waals surface area contributed by atoms with E-state index in [9.17, 15) is 0 Å². The smallest absolute Gasteiger partial charge is 0.140 e. The molecule has 0 aromatic heterocycles. The van der Waals surface area contributed by atoms with E-state index in [2.05, 4.69) is 139 Å². The third-order valence-corrected chi connectivity index (χ3v) is 55.0. The van der Waals surface area contributed by atoms with Crippen LogP contribution in [-0.4, -0.2) is 53.0 Å². The van der Waals surface area contributed by atoms with Crippen LogP contribution in [0.1, 0.15) is 5.56 Å². The van der Waals surface area contributed by atoms with Crippen LogP contribution < -0.4 is 0 Å². The Labute approximate surface area is 207 Å². The lowest BCUT2D eigenvalue weighted by Gasteiger charge is -2.75. The monoisotopic (exact) mass is 535 g/mol. The van der Waals surface area contributed by atoms with E-state index >= 15 is 0 Å². The lowest BCUT2D eigenvalue weighted by Crippen LogP contribution is -2.85. The summed E-state index contributed by atoms with van der Waals surface area (Å²) in [6.07, 6.45) is 0. The van der Waals surface area contributed by atoms with Crippen LogP contribution in [-0.2, 0) is 0 Å². The Hall–Kier alpha value is 0.0613. The van der Waals surface area contributed by atoms with Gasteiger partial charge in [-0.15, -0.1) is 0 Å². The van der Waals surface area contributed by atoms with Crippen molar-refractivity contribution < 1.29 is 0 Å². The fraction of sp³-hybridized carbons (Fsp3) is 0.680. The lowest BCUT2D eigenvalue weighted by atomic mass is 10.2. The summed E-state index contributed by atoms with van der Waals surface area (Å²) in [4.78, 5) is 2.00. The van der Waals surface area contributed by atoms with Crippen molar-refractivity contribution in [2.75, 3.05) is 0 Å². The maximum Gasteiger partial charge on any atom is 0.140 e. The Morgan fingerprint density at radius 3 is 1.38 bits per heavy atom. The maximum absolute atomic E-state index is 3.22. The van der Waals surface area contributed by atoms with E-state index in [0.717, 1.165) is 0 Å². The highest BCUT2D eigenvalue weighted by Gasteiger charge is 2.75. The average Bonchev–Trinajstić information content (AvgIpc) is 2.47. The van der Waals surface area contributed by atoms with Gasteiger partial charge in [0.1, 0.15) is 16.5 Å². The van der Waals surface area contributed by atoms with E-state index in [4.69, 9.17) is 0 Å². The quantitative estimate of drug-likeness (QED) is 0.340. The van der Waals surface area contributed by atoms with E-state index in [0.29, 0.717) is 3.91 Å². The topological polar surface area (TPSA) is 3.24 Å². The van der Waals surface area contributed by atoms with Crippen molar-refractivity contribution in [2.24, 2.45) is 0 Å². The van der Waals surface area contributed by atoms with Crippen LogP contribution in [0.2, 0.25) is 109 Å². The van der Waals surface area contributed by atoms with Crippen LogP contribution in [0.4, 0.5) is 0 Å². The van der Waals surface area contributed by atoms with Crippen molar-refractivity contribution in [3.63, 3.8) is 0 Å². The molecule has 0 N–H and O–H groups in total. The van der Waals surface area contributed by atoms with Crippen molar-refractivity contribution in [1.29, 1.82) is 0 Å². The summed E-state index contributed by atoms with van der Waals surface area (Å²) >= 11 is 0. The van der Waals surface area contributed by atoms with Crippen LogP contribution in [0.5, 0.6) is 0 Å². The van der Waals surface area contributed by atoms with Gasteiger partial charge < -0.3 is 4.23 Å². The van der Waals surface area contributed by atoms with Gasteiger partial charge in [-0.2, -0.15) is 0 Å². The molecule has 0 spiro atoms. The molecule has 1 heterocycles. The molecule has 0 saturated heterocycles. The Morgan fingerprint density at radius 1 is 0.656 bits per heavy atom. The molecule has 1 nitrogen and oxygen atoms in total. The van der Waals surface area contributed by atoms with Crippen LogP contribution in [0.25, 0.3) is 5.70 Å². The van der Waals surface area contributed by atoms with Crippen molar-refractivity contribution in [2.45, 2.75) is 109 Å². The zero-order valence-electron chi connectivity index (χ0n) is 24.3. The van der Waals surface area contributed by atoms with Gasteiger partial charge in [0.15, 0.2) is 0 Å². The summed E-state index contributed by atoms with van der Waals surface area (Å²) in [6.45, 7) is 43.7. The number of hydrogen-bond acceptors (Lipinski definition) is 1. The van der Waals surface area contributed by atoms with Gasteiger partial charge in [-0.3, -0.25) is 0 Å². The molecular weight excluding hydrogens is 483 g/mol. The number of nitrogens with zero attached hydrogens (tertiary/aromatic N) is 1. The number of hydrogen-bond donors (Lipinski definition) is 0. The minimum absolute atomic E-state index is 0.605. The molecule has 1 aliphatic rings. The Kier molecular flexibility index (Phi) is 7.12. The maximum atomic E-state index is 3.22. The van der Waals surface area contributed by atoms with Crippen LogP contribution >= 0.6 is 0 Å². The molecular formula is C25H53NSi6. The summed E-state index contributed by atoms with van der Waals surface area (Å²) in [6, 6.07) is 11.6. The highest BCUT2D eigenvalue weighted by molar-refractivity contribution is 7.35. The second kappa shape index (κ2) is 8.05. The van der Waals surface area contributed by atoms with Gasteiger partial charge >= 0.3 is 0 Å². The predicted molar refractivity (Wildman–Crippen MR) is 166 cm³/mol. The Morgan fingerprint density at radius 2 is 1.06 bits per heavy atom. The zero-order chi connectivity index (χ0) is 25.3. The molecule has 182 valence electrons. The number of rotatable bonds is 5. The first-order valence-electron chi connectivity index (χ1n) is 12.6. The first-order valence-corrected chi connectivity index (χ1v) is 32.5. The highest BCUT2D eigenvalue weighted by Crippen LogP contribution is 2.67. The van der Waals surface area contributed by atoms with E-state index in [1.807, 2.05) is 4.82 Å². The molecule has 0 unspecified atom stereocenters. The summed E-state index contributed by atoms with van der Waals surface area (Å²) in [5, 5.41) is 0. The molecule has 0 bridgehead atoms. The fourth-order valence-corrected chi connectivity index (χ4v) is 79.0. The summed E-state index contributed by atoms with van der Waals surface area (Å²) < 4.78 is 3.83. The Balaban J connectivity index is 3.33. The van der Waals surface area contributed by atoms with E-state index in [-0.39, 0.29) is 0 Å². The second-order valence-corrected chi connectivity index (χ2v) is 48.3. The minimum atomic E-state index is -1.86. The third-order valence-electron chi connectivity index (χ3n) is 8.22. The molecule has 0 aliphatic carbocycles. The van der Waals surface area contributed by atoms with Crippen LogP contribution in [0.3, 0.4) is 0 Å². The molecule has 7 heteroatoms. The molecule has 32 heavy (non-hydrogen) atoms. The zero-order valence-corrected chi connectivity index (χ0v) is 30.3. The van der Waals surface area contributed by atoms with Gasteiger partial charge in [0.2, 0.25) is 0 Å². The molecule has 0 atom stereocenters. The molecule has 1 aromatic rings. The lowest BCUT2D eigenvalue weighted by molar-refractivity contribution is 0.813. The van der Waals surface area contributed by atoms with E-state index < -0.39 is 48.8 Å². The van der Waals surface area contributed by atoms with Crippen molar-refractivity contribution >= 4 is 54.5 Å². The summed E-state index contributed by atoms with van der Waals surface area (Å²) in [5.74, 6) is 0. The molecule has 0 fully saturated rings. The summed E-state index contributed by atoms with van der Waals surface area (Å²) in [7, 11) is -9.95. The second-order valence-electron chi connectivity index (χ2n) is 15.3. The molecule has 0 saturated carbocycles. The van der Waals surface area contributed by atoms with Gasteiger partial charge in [0.25, 0.3) is 0 Å². The average molecular weight is 536 g/mol. The molecule has 1 aliphatic heterocycles. The Bertz CT molecular complexity index is 860. The predicted octanol–water partition coefficient (Wildman–Crippen LogP) is 8.91. The van der Waals surface area contributed by atoms with E-state index in [1.54, 1.807) is 5.70 Å². The fourth-order valence-electron chi connectivity index (χ4n) is 9.98. The van der Waals surface area contributed by atoms with Crippen molar-refractivity contribution in [1.82, 2.24) is 4.23 Å². The van der Waals surface area contributed by atoms with E-state index in [1.165, 1.54) is 5.56 Å². The molecule has 0 radical (unpaired) electrons. The van der Waals surface area contributed by atoms with Gasteiger partial charge in [-0.1, -0.05) is 140 Å². The van der Waals surface area contributed by atoms with Gasteiger partial charge in [-0.25, -0.2) is 0 Å². The summed E-state index contributed by atoms with van der Waals surface area (Å²) in [5.41, 5.74) is 3.23. The van der Waals surface area contributed by atoms with Crippen LogP contribution in [0.15, 0.2) is 35.2 Å².